The Morgan fingerprint density at radius 1 is 0.968 bits per heavy atom. The first kappa shape index (κ1) is 22.4. The van der Waals surface area contributed by atoms with Crippen LogP contribution in [0.1, 0.15) is 38.7 Å². The molecule has 3 rings (SSSR count). The van der Waals surface area contributed by atoms with Gasteiger partial charge in [-0.2, -0.15) is 0 Å². The number of anilines is 1. The summed E-state index contributed by atoms with van der Waals surface area (Å²) in [5.41, 5.74) is 4.25. The number of carbonyl (C=O) groups is 2. The van der Waals surface area contributed by atoms with E-state index < -0.39 is 28.8 Å². The Labute approximate surface area is 184 Å². The zero-order chi connectivity index (χ0) is 22.4. The van der Waals surface area contributed by atoms with Crippen molar-refractivity contribution < 1.29 is 18.5 Å². The number of esters is 1. The van der Waals surface area contributed by atoms with Crippen LogP contribution in [0.2, 0.25) is 0 Å². The first-order chi connectivity index (χ1) is 14.8. The number of aryl methyl sites for hydroxylation is 2. The molecule has 2 atom stereocenters. The maximum absolute atomic E-state index is 13.1. The lowest BCUT2D eigenvalue weighted by Crippen LogP contribution is -2.26. The van der Waals surface area contributed by atoms with E-state index in [9.17, 15) is 13.8 Å². The second-order valence-corrected chi connectivity index (χ2v) is 8.86. The van der Waals surface area contributed by atoms with Crippen molar-refractivity contribution in [3.05, 3.63) is 101 Å². The molecule has 0 bridgehead atoms. The van der Waals surface area contributed by atoms with E-state index in [4.69, 9.17) is 4.74 Å². The molecule has 0 spiro atoms. The van der Waals surface area contributed by atoms with Crippen LogP contribution in [0, 0.1) is 13.8 Å². The molecule has 2 unspecified atom stereocenters. The van der Waals surface area contributed by atoms with Crippen LogP contribution < -0.4 is 5.32 Å². The van der Waals surface area contributed by atoms with Gasteiger partial charge in [-0.1, -0.05) is 54.6 Å². The maximum Gasteiger partial charge on any atom is 0.339 e. The van der Waals surface area contributed by atoms with Crippen molar-refractivity contribution in [3.63, 3.8) is 0 Å². The average Bonchev–Trinajstić information content (AvgIpc) is 2.74. The fourth-order valence-electron chi connectivity index (χ4n) is 3.17. The van der Waals surface area contributed by atoms with Crippen molar-refractivity contribution in [1.82, 2.24) is 0 Å². The molecule has 0 heterocycles. The van der Waals surface area contributed by atoms with Crippen molar-refractivity contribution in [2.45, 2.75) is 25.7 Å². The molecular weight excluding hydrogens is 410 g/mol. The van der Waals surface area contributed by atoms with E-state index in [2.05, 4.69) is 5.32 Å². The topological polar surface area (TPSA) is 72.5 Å². The van der Waals surface area contributed by atoms with E-state index in [1.807, 2.05) is 38.1 Å². The molecule has 1 N–H and O–H groups in total. The summed E-state index contributed by atoms with van der Waals surface area (Å²) in [6.07, 6.45) is 0.492. The second-order valence-electron chi connectivity index (χ2n) is 7.42. The lowest BCUT2D eigenvalue weighted by atomic mass is 10.1. The Kier molecular flexibility index (Phi) is 7.36. The maximum atomic E-state index is 13.1. The summed E-state index contributed by atoms with van der Waals surface area (Å²) in [5.74, 6) is -0.705. The predicted molar refractivity (Wildman–Crippen MR) is 123 cm³/mol. The standard InChI is InChI=1S/C25H25NO4S/c1-17-12-13-18(2)22(14-17)26-24(27)23(20-9-5-4-6-10-20)30-25(28)21-11-7-8-19(15-21)16-31(3)29/h4-15,23H,16H2,1-3H3,(H,26,27). The number of nitrogens with one attached hydrogen (secondary N) is 1. The van der Waals surface area contributed by atoms with Gasteiger partial charge in [0.05, 0.1) is 5.56 Å². The van der Waals surface area contributed by atoms with Crippen LogP contribution in [0.4, 0.5) is 5.69 Å². The molecule has 0 saturated heterocycles. The van der Waals surface area contributed by atoms with Crippen LogP contribution in [0.3, 0.4) is 0 Å². The first-order valence-electron chi connectivity index (χ1n) is 9.86. The van der Waals surface area contributed by atoms with Crippen LogP contribution in [0.15, 0.2) is 72.8 Å². The number of hydrogen-bond donors (Lipinski definition) is 1. The third-order valence-corrected chi connectivity index (χ3v) is 5.49. The Bertz CT molecular complexity index is 1110. The van der Waals surface area contributed by atoms with Gasteiger partial charge in [0, 0.05) is 34.1 Å². The van der Waals surface area contributed by atoms with Gasteiger partial charge in [-0.15, -0.1) is 0 Å². The zero-order valence-electron chi connectivity index (χ0n) is 17.8. The Morgan fingerprint density at radius 3 is 2.42 bits per heavy atom. The van der Waals surface area contributed by atoms with Crippen molar-refractivity contribution >= 4 is 28.4 Å². The van der Waals surface area contributed by atoms with Crippen LogP contribution in [0.25, 0.3) is 0 Å². The van der Waals surface area contributed by atoms with Gasteiger partial charge in [0.25, 0.3) is 5.91 Å². The minimum absolute atomic E-state index is 0.309. The molecule has 0 aliphatic carbocycles. The van der Waals surface area contributed by atoms with Crippen molar-refractivity contribution in [2.24, 2.45) is 0 Å². The molecule has 0 aliphatic heterocycles. The van der Waals surface area contributed by atoms with Crippen LogP contribution in [-0.4, -0.2) is 22.3 Å². The summed E-state index contributed by atoms with van der Waals surface area (Å²) in [6, 6.07) is 21.5. The Balaban J connectivity index is 1.86. The number of rotatable bonds is 7. The highest BCUT2D eigenvalue weighted by Gasteiger charge is 2.26. The minimum atomic E-state index is -1.11. The minimum Gasteiger partial charge on any atom is -0.444 e. The number of ether oxygens (including phenoxy) is 1. The van der Waals surface area contributed by atoms with Crippen LogP contribution >= 0.6 is 0 Å². The van der Waals surface area contributed by atoms with E-state index in [1.165, 1.54) is 0 Å². The molecule has 3 aromatic rings. The molecule has 0 saturated carbocycles. The second kappa shape index (κ2) is 10.2. The highest BCUT2D eigenvalue weighted by molar-refractivity contribution is 7.83. The van der Waals surface area contributed by atoms with Gasteiger partial charge in [0.1, 0.15) is 0 Å². The highest BCUT2D eigenvalue weighted by Crippen LogP contribution is 2.24. The molecule has 0 aromatic heterocycles. The molecule has 5 nitrogen and oxygen atoms in total. The van der Waals surface area contributed by atoms with Gasteiger partial charge in [0.2, 0.25) is 6.10 Å². The molecular formula is C25H25NO4S. The van der Waals surface area contributed by atoms with Crippen molar-refractivity contribution in [2.75, 3.05) is 11.6 Å². The summed E-state index contributed by atoms with van der Waals surface area (Å²) in [4.78, 5) is 26.0. The fraction of sp³-hybridized carbons (Fsp3) is 0.200. The highest BCUT2D eigenvalue weighted by atomic mass is 32.2. The normalized spacial score (nSPS) is 12.6. The number of amides is 1. The molecule has 6 heteroatoms. The Morgan fingerprint density at radius 2 is 1.71 bits per heavy atom. The molecule has 3 aromatic carbocycles. The Hall–Kier alpha value is -3.25. The van der Waals surface area contributed by atoms with Gasteiger partial charge < -0.3 is 10.1 Å². The average molecular weight is 436 g/mol. The van der Waals surface area contributed by atoms with Gasteiger partial charge in [-0.25, -0.2) is 4.79 Å². The van der Waals surface area contributed by atoms with Gasteiger partial charge >= 0.3 is 5.97 Å². The van der Waals surface area contributed by atoms with Crippen LogP contribution in [-0.2, 0) is 26.1 Å². The summed E-state index contributed by atoms with van der Waals surface area (Å²) < 4.78 is 17.2. The van der Waals surface area contributed by atoms with Gasteiger partial charge in [-0.05, 0) is 48.7 Å². The molecule has 160 valence electrons. The largest absolute Gasteiger partial charge is 0.444 e. The van der Waals surface area contributed by atoms with E-state index in [1.54, 1.807) is 54.8 Å². The van der Waals surface area contributed by atoms with Crippen molar-refractivity contribution in [3.8, 4) is 0 Å². The number of carbonyl (C=O) groups excluding carboxylic acids is 2. The van der Waals surface area contributed by atoms with E-state index in [0.717, 1.165) is 16.7 Å². The summed E-state index contributed by atoms with van der Waals surface area (Å²) in [7, 11) is -1.03. The monoisotopic (exact) mass is 435 g/mol. The predicted octanol–water partition coefficient (Wildman–Crippen LogP) is 4.72. The summed E-state index contributed by atoms with van der Waals surface area (Å²) in [6.45, 7) is 3.85. The third kappa shape index (κ3) is 6.12. The van der Waals surface area contributed by atoms with E-state index in [-0.39, 0.29) is 0 Å². The van der Waals surface area contributed by atoms with Crippen molar-refractivity contribution in [1.29, 1.82) is 0 Å². The molecule has 31 heavy (non-hydrogen) atoms. The lowest BCUT2D eigenvalue weighted by molar-refractivity contribution is -0.125. The zero-order valence-corrected chi connectivity index (χ0v) is 18.6. The number of benzene rings is 3. The SMILES string of the molecule is Cc1ccc(C)c(NC(=O)C(OC(=O)c2cccc(CS(C)=O)c2)c2ccccc2)c1. The fourth-order valence-corrected chi connectivity index (χ4v) is 3.82. The van der Waals surface area contributed by atoms with E-state index in [0.29, 0.717) is 22.6 Å². The quantitative estimate of drug-likeness (QED) is 0.545. The van der Waals surface area contributed by atoms with E-state index >= 15 is 0 Å². The number of hydrogen-bond acceptors (Lipinski definition) is 4. The molecule has 0 radical (unpaired) electrons. The van der Waals surface area contributed by atoms with Crippen LogP contribution in [0.5, 0.6) is 0 Å². The molecule has 0 aliphatic rings. The molecule has 0 fully saturated rings. The van der Waals surface area contributed by atoms with Gasteiger partial charge in [-0.3, -0.25) is 9.00 Å². The first-order valence-corrected chi connectivity index (χ1v) is 11.6. The summed E-state index contributed by atoms with van der Waals surface area (Å²) in [5, 5.41) is 2.89. The molecule has 1 amide bonds. The smallest absolute Gasteiger partial charge is 0.339 e. The third-order valence-electron chi connectivity index (χ3n) is 4.75. The lowest BCUT2D eigenvalue weighted by Gasteiger charge is -2.19. The van der Waals surface area contributed by atoms with Gasteiger partial charge in [0.15, 0.2) is 0 Å². The summed E-state index contributed by atoms with van der Waals surface area (Å²) >= 11 is 0.